The summed E-state index contributed by atoms with van der Waals surface area (Å²) in [7, 11) is 0. The third-order valence-electron chi connectivity index (χ3n) is 4.48. The van der Waals surface area contributed by atoms with Gasteiger partial charge in [-0.1, -0.05) is 32.6 Å². The third-order valence-corrected chi connectivity index (χ3v) is 4.48. The Bertz CT molecular complexity index is 259. The second-order valence-electron chi connectivity index (χ2n) is 5.90. The molecule has 2 fully saturated rings. The van der Waals surface area contributed by atoms with Crippen LogP contribution in [0.1, 0.15) is 64.7 Å². The van der Waals surface area contributed by atoms with Crippen LogP contribution in [0, 0.1) is 0 Å². The monoisotopic (exact) mass is 252 g/mol. The fourth-order valence-electron chi connectivity index (χ4n) is 3.41. The van der Waals surface area contributed by atoms with Crippen LogP contribution < -0.4 is 5.32 Å². The topological polar surface area (TPSA) is 32.3 Å². The van der Waals surface area contributed by atoms with Crippen LogP contribution >= 0.6 is 0 Å². The number of amides is 1. The van der Waals surface area contributed by atoms with Crippen LogP contribution in [0.2, 0.25) is 0 Å². The molecule has 1 saturated heterocycles. The molecule has 3 heteroatoms. The molecule has 0 radical (unpaired) electrons. The number of piperidine rings is 1. The predicted molar refractivity (Wildman–Crippen MR) is 74.5 cm³/mol. The Hall–Kier alpha value is -0.570. The lowest BCUT2D eigenvalue weighted by atomic mass is 10.00. The maximum absolute atomic E-state index is 11.5. The molecule has 1 heterocycles. The number of carbonyl (C=O) groups excluding carboxylic acids is 1. The molecule has 0 spiro atoms. The molecule has 1 aliphatic heterocycles. The van der Waals surface area contributed by atoms with Crippen molar-refractivity contribution in [2.24, 2.45) is 0 Å². The first kappa shape index (κ1) is 13.9. The number of hydrogen-bond acceptors (Lipinski definition) is 2. The average molecular weight is 252 g/mol. The second kappa shape index (κ2) is 7.13. The molecular formula is C15H28N2O. The molecule has 0 aromatic rings. The van der Waals surface area contributed by atoms with Crippen molar-refractivity contribution >= 4 is 5.91 Å². The number of nitrogens with one attached hydrogen (secondary N) is 1. The van der Waals surface area contributed by atoms with Gasteiger partial charge in [0.2, 0.25) is 5.91 Å². The minimum atomic E-state index is 0.211. The van der Waals surface area contributed by atoms with E-state index in [1.807, 2.05) is 6.92 Å². The molecule has 2 aliphatic rings. The van der Waals surface area contributed by atoms with Gasteiger partial charge in [-0.05, 0) is 32.2 Å². The summed E-state index contributed by atoms with van der Waals surface area (Å²) in [6.07, 6.45) is 11.4. The fraction of sp³-hybridized carbons (Fsp3) is 0.933. The summed E-state index contributed by atoms with van der Waals surface area (Å²) in [5.74, 6) is 0.211. The smallest absolute Gasteiger partial charge is 0.219 e. The Balaban J connectivity index is 1.83. The number of likely N-dealkylation sites (tertiary alicyclic amines) is 1. The Morgan fingerprint density at radius 2 is 1.83 bits per heavy atom. The van der Waals surface area contributed by atoms with E-state index in [1.54, 1.807) is 0 Å². The quantitative estimate of drug-likeness (QED) is 0.783. The lowest BCUT2D eigenvalue weighted by Crippen LogP contribution is -2.50. The predicted octanol–water partition coefficient (Wildman–Crippen LogP) is 2.70. The van der Waals surface area contributed by atoms with Crippen LogP contribution in [0.25, 0.3) is 0 Å². The first-order chi connectivity index (χ1) is 8.79. The summed E-state index contributed by atoms with van der Waals surface area (Å²) < 4.78 is 0. The van der Waals surface area contributed by atoms with Gasteiger partial charge >= 0.3 is 0 Å². The van der Waals surface area contributed by atoms with Crippen LogP contribution in [0.4, 0.5) is 0 Å². The Labute approximate surface area is 111 Å². The molecule has 1 N–H and O–H groups in total. The standard InChI is InChI=1S/C15H28N2O/c1-2-15(18)16-13-8-7-11-17(12-13)14-9-5-3-4-6-10-14/h13-14H,2-12H2,1H3,(H,16,18)/t13-/m0/s1. The Morgan fingerprint density at radius 3 is 2.50 bits per heavy atom. The van der Waals surface area contributed by atoms with Crippen LogP contribution in [0.5, 0.6) is 0 Å². The molecule has 3 nitrogen and oxygen atoms in total. The fourth-order valence-corrected chi connectivity index (χ4v) is 3.41. The van der Waals surface area contributed by atoms with Crippen molar-refractivity contribution in [3.63, 3.8) is 0 Å². The summed E-state index contributed by atoms with van der Waals surface area (Å²) in [6, 6.07) is 1.18. The summed E-state index contributed by atoms with van der Waals surface area (Å²) in [5, 5.41) is 3.17. The maximum atomic E-state index is 11.5. The summed E-state index contributed by atoms with van der Waals surface area (Å²) in [4.78, 5) is 14.1. The van der Waals surface area contributed by atoms with Gasteiger partial charge in [-0.25, -0.2) is 0 Å². The van der Waals surface area contributed by atoms with E-state index in [4.69, 9.17) is 0 Å². The number of rotatable bonds is 3. The molecule has 0 unspecified atom stereocenters. The molecule has 0 bridgehead atoms. The first-order valence-corrected chi connectivity index (χ1v) is 7.83. The van der Waals surface area contributed by atoms with E-state index < -0.39 is 0 Å². The molecule has 0 aromatic heterocycles. The highest BCUT2D eigenvalue weighted by Gasteiger charge is 2.26. The number of hydrogen-bond donors (Lipinski definition) is 1. The van der Waals surface area contributed by atoms with Gasteiger partial charge in [0, 0.05) is 25.0 Å². The Morgan fingerprint density at radius 1 is 1.11 bits per heavy atom. The minimum absolute atomic E-state index is 0.211. The largest absolute Gasteiger partial charge is 0.352 e. The van der Waals surface area contributed by atoms with E-state index in [-0.39, 0.29) is 5.91 Å². The van der Waals surface area contributed by atoms with Crippen molar-refractivity contribution in [1.82, 2.24) is 10.2 Å². The van der Waals surface area contributed by atoms with Gasteiger partial charge in [0.1, 0.15) is 0 Å². The number of carbonyl (C=O) groups is 1. The van der Waals surface area contributed by atoms with Gasteiger partial charge in [-0.2, -0.15) is 0 Å². The highest BCUT2D eigenvalue weighted by atomic mass is 16.1. The number of nitrogens with zero attached hydrogens (tertiary/aromatic N) is 1. The molecule has 104 valence electrons. The van der Waals surface area contributed by atoms with Crippen LogP contribution in [-0.4, -0.2) is 36.0 Å². The molecule has 1 amide bonds. The first-order valence-electron chi connectivity index (χ1n) is 7.83. The van der Waals surface area contributed by atoms with Crippen LogP contribution in [-0.2, 0) is 4.79 Å². The minimum Gasteiger partial charge on any atom is -0.352 e. The lowest BCUT2D eigenvalue weighted by molar-refractivity contribution is -0.121. The van der Waals surface area contributed by atoms with Crippen LogP contribution in [0.3, 0.4) is 0 Å². The summed E-state index contributed by atoms with van der Waals surface area (Å²) >= 11 is 0. The van der Waals surface area contributed by atoms with Crippen LogP contribution in [0.15, 0.2) is 0 Å². The zero-order chi connectivity index (χ0) is 12.8. The van der Waals surface area contributed by atoms with E-state index in [1.165, 1.54) is 51.5 Å². The molecule has 18 heavy (non-hydrogen) atoms. The van der Waals surface area contributed by atoms with Gasteiger partial charge in [0.25, 0.3) is 0 Å². The normalized spacial score (nSPS) is 27.7. The van der Waals surface area contributed by atoms with Gasteiger partial charge < -0.3 is 5.32 Å². The highest BCUT2D eigenvalue weighted by molar-refractivity contribution is 5.75. The molecule has 1 saturated carbocycles. The van der Waals surface area contributed by atoms with E-state index in [0.717, 1.165) is 19.0 Å². The third kappa shape index (κ3) is 3.98. The molecular weight excluding hydrogens is 224 g/mol. The van der Waals surface area contributed by atoms with Crippen molar-refractivity contribution in [3.05, 3.63) is 0 Å². The zero-order valence-corrected chi connectivity index (χ0v) is 11.8. The maximum Gasteiger partial charge on any atom is 0.219 e. The molecule has 2 rings (SSSR count). The highest BCUT2D eigenvalue weighted by Crippen LogP contribution is 2.24. The van der Waals surface area contributed by atoms with E-state index >= 15 is 0 Å². The van der Waals surface area contributed by atoms with Gasteiger partial charge in [-0.3, -0.25) is 9.69 Å². The summed E-state index contributed by atoms with van der Waals surface area (Å²) in [6.45, 7) is 4.25. The summed E-state index contributed by atoms with van der Waals surface area (Å²) in [5.41, 5.74) is 0. The van der Waals surface area contributed by atoms with E-state index in [2.05, 4.69) is 10.2 Å². The van der Waals surface area contributed by atoms with Crippen molar-refractivity contribution < 1.29 is 4.79 Å². The molecule has 1 aliphatic carbocycles. The van der Waals surface area contributed by atoms with Crippen molar-refractivity contribution in [1.29, 1.82) is 0 Å². The van der Waals surface area contributed by atoms with E-state index in [0.29, 0.717) is 12.5 Å². The molecule has 0 aromatic carbocycles. The second-order valence-corrected chi connectivity index (χ2v) is 5.90. The SMILES string of the molecule is CCC(=O)N[C@H]1CCCN(C2CCCCCC2)C1. The zero-order valence-electron chi connectivity index (χ0n) is 11.8. The van der Waals surface area contributed by atoms with Crippen molar-refractivity contribution in [2.45, 2.75) is 76.8 Å². The Kier molecular flexibility index (Phi) is 5.48. The van der Waals surface area contributed by atoms with Gasteiger partial charge in [0.15, 0.2) is 0 Å². The lowest BCUT2D eigenvalue weighted by Gasteiger charge is -2.38. The average Bonchev–Trinajstić information content (AvgIpc) is 2.68. The molecule has 1 atom stereocenters. The van der Waals surface area contributed by atoms with Crippen molar-refractivity contribution in [3.8, 4) is 0 Å². The van der Waals surface area contributed by atoms with Gasteiger partial charge in [0.05, 0.1) is 0 Å². The van der Waals surface area contributed by atoms with Crippen molar-refractivity contribution in [2.75, 3.05) is 13.1 Å². The van der Waals surface area contributed by atoms with E-state index in [9.17, 15) is 4.79 Å². The van der Waals surface area contributed by atoms with Gasteiger partial charge in [-0.15, -0.1) is 0 Å².